The van der Waals surface area contributed by atoms with Crippen molar-refractivity contribution in [2.24, 2.45) is 0 Å². The lowest BCUT2D eigenvalue weighted by atomic mass is 9.92. The fourth-order valence-electron chi connectivity index (χ4n) is 3.48. The molecule has 1 saturated heterocycles. The summed E-state index contributed by atoms with van der Waals surface area (Å²) < 4.78 is 42.2. The van der Waals surface area contributed by atoms with Gasteiger partial charge in [-0.25, -0.2) is 9.97 Å². The number of benzene rings is 1. The Morgan fingerprint density at radius 1 is 1.27 bits per heavy atom. The van der Waals surface area contributed by atoms with Crippen LogP contribution < -0.4 is 10.2 Å². The van der Waals surface area contributed by atoms with Crippen LogP contribution >= 0.6 is 0 Å². The molecule has 0 unspecified atom stereocenters. The van der Waals surface area contributed by atoms with Crippen LogP contribution in [-0.2, 0) is 6.18 Å². The molecule has 11 heteroatoms. The third-order valence-electron chi connectivity index (χ3n) is 4.98. The van der Waals surface area contributed by atoms with E-state index in [1.165, 1.54) is 6.33 Å². The first-order valence-electron chi connectivity index (χ1n) is 9.14. The molecule has 1 N–H and O–H groups in total. The van der Waals surface area contributed by atoms with Crippen molar-refractivity contribution in [3.8, 4) is 0 Å². The average Bonchev–Trinajstić information content (AvgIpc) is 3.38. The number of nitrogens with one attached hydrogen (secondary N) is 1. The Balaban J connectivity index is 1.49. The second kappa shape index (κ2) is 7.73. The van der Waals surface area contributed by atoms with E-state index in [1.807, 2.05) is 13.0 Å². The van der Waals surface area contributed by atoms with E-state index in [-0.39, 0.29) is 5.92 Å². The van der Waals surface area contributed by atoms with E-state index in [0.717, 1.165) is 36.3 Å². The molecular weight excluding hydrogens is 401 g/mol. The first-order valence-corrected chi connectivity index (χ1v) is 9.14. The maximum absolute atomic E-state index is 12.6. The number of carbonyl (C=O) groups excluding carboxylic acids is 1. The molecular formula is C19H17F3N6O2. The van der Waals surface area contributed by atoms with Crippen LogP contribution in [0.15, 0.2) is 41.4 Å². The van der Waals surface area contributed by atoms with Crippen LogP contribution in [0.5, 0.6) is 0 Å². The quantitative estimate of drug-likeness (QED) is 0.693. The van der Waals surface area contributed by atoms with Gasteiger partial charge in [-0.15, -0.1) is 0 Å². The van der Waals surface area contributed by atoms with Crippen LogP contribution in [-0.4, -0.2) is 39.1 Å². The summed E-state index contributed by atoms with van der Waals surface area (Å²) in [5, 5.41) is 5.04. The predicted octanol–water partition coefficient (Wildman–Crippen LogP) is 3.43. The molecule has 2 aromatic heterocycles. The van der Waals surface area contributed by atoms with E-state index < -0.39 is 23.9 Å². The molecule has 8 nitrogen and oxygen atoms in total. The zero-order chi connectivity index (χ0) is 21.3. The van der Waals surface area contributed by atoms with Gasteiger partial charge >= 0.3 is 12.2 Å². The normalized spacial score (nSPS) is 16.7. The molecule has 1 fully saturated rings. The molecule has 0 aliphatic carbocycles. The molecule has 0 bridgehead atoms. The van der Waals surface area contributed by atoms with Gasteiger partial charge in [-0.05, 0) is 41.8 Å². The van der Waals surface area contributed by atoms with E-state index in [0.29, 0.717) is 5.56 Å². The van der Waals surface area contributed by atoms with Gasteiger partial charge in [0.2, 0.25) is 0 Å². The third-order valence-corrected chi connectivity index (χ3v) is 4.98. The molecule has 1 atom stereocenters. The number of hydrogen-bond acceptors (Lipinski definition) is 7. The minimum atomic E-state index is -4.75. The van der Waals surface area contributed by atoms with Crippen molar-refractivity contribution in [2.45, 2.75) is 25.4 Å². The number of aryl methyl sites for hydroxylation is 1. The van der Waals surface area contributed by atoms with Gasteiger partial charge in [-0.1, -0.05) is 6.07 Å². The second-order valence-corrected chi connectivity index (χ2v) is 6.97. The summed E-state index contributed by atoms with van der Waals surface area (Å²) in [7, 11) is 0. The highest BCUT2D eigenvalue weighted by atomic mass is 19.4. The summed E-state index contributed by atoms with van der Waals surface area (Å²) in [6.45, 7) is 3.53. The maximum Gasteiger partial charge on any atom is 0.455 e. The summed E-state index contributed by atoms with van der Waals surface area (Å²) in [4.78, 5) is 25.9. The monoisotopic (exact) mass is 418 g/mol. The van der Waals surface area contributed by atoms with Crippen molar-refractivity contribution in [3.63, 3.8) is 0 Å². The lowest BCUT2D eigenvalue weighted by molar-refractivity contribution is -0.146. The minimum absolute atomic E-state index is 0.193. The fraction of sp³-hybridized carbons (Fsp3) is 0.316. The summed E-state index contributed by atoms with van der Waals surface area (Å²) in [6, 6.07) is 4.56. The molecule has 3 aromatic rings. The fourth-order valence-corrected chi connectivity index (χ4v) is 3.48. The summed E-state index contributed by atoms with van der Waals surface area (Å²) in [5.74, 6) is -1.88. The summed E-state index contributed by atoms with van der Waals surface area (Å²) >= 11 is 0. The average molecular weight is 418 g/mol. The summed E-state index contributed by atoms with van der Waals surface area (Å²) in [5.41, 5.74) is 3.26. The Morgan fingerprint density at radius 3 is 2.73 bits per heavy atom. The van der Waals surface area contributed by atoms with Gasteiger partial charge in [0.15, 0.2) is 0 Å². The predicted molar refractivity (Wildman–Crippen MR) is 100 cm³/mol. The molecule has 156 valence electrons. The van der Waals surface area contributed by atoms with Crippen LogP contribution in [0.1, 0.15) is 39.6 Å². The van der Waals surface area contributed by atoms with Crippen molar-refractivity contribution in [2.75, 3.05) is 23.3 Å². The molecule has 4 rings (SSSR count). The number of nitrogens with zero attached hydrogens (tertiary/aromatic N) is 5. The Hall–Kier alpha value is -3.50. The minimum Gasteiger partial charge on any atom is -0.368 e. The zero-order valence-corrected chi connectivity index (χ0v) is 15.8. The van der Waals surface area contributed by atoms with Gasteiger partial charge in [-0.2, -0.15) is 18.2 Å². The first-order chi connectivity index (χ1) is 14.3. The van der Waals surface area contributed by atoms with Crippen molar-refractivity contribution >= 4 is 17.6 Å². The Labute approximate surface area is 169 Å². The third kappa shape index (κ3) is 4.09. The molecule has 1 aromatic carbocycles. The Bertz CT molecular complexity index is 1050. The SMILES string of the molecule is Cc1ccc(C(=O)Nc2nc(C(F)(F)F)no2)cc1[C@@H]1CCN(c2cncnc2)C1. The highest BCUT2D eigenvalue weighted by molar-refractivity contribution is 6.03. The number of halogens is 3. The second-order valence-electron chi connectivity index (χ2n) is 6.97. The number of aromatic nitrogens is 4. The van der Waals surface area contributed by atoms with Gasteiger partial charge in [0.25, 0.3) is 11.7 Å². The van der Waals surface area contributed by atoms with Crippen LogP contribution in [0.4, 0.5) is 24.9 Å². The highest BCUT2D eigenvalue weighted by Crippen LogP contribution is 2.32. The zero-order valence-electron chi connectivity index (χ0n) is 15.8. The van der Waals surface area contributed by atoms with Gasteiger partial charge in [-0.3, -0.25) is 10.1 Å². The van der Waals surface area contributed by atoms with Gasteiger partial charge in [0.05, 0.1) is 18.1 Å². The Kier molecular flexibility index (Phi) is 5.10. The number of hydrogen-bond donors (Lipinski definition) is 1. The number of carbonyl (C=O) groups is 1. The van der Waals surface area contributed by atoms with Crippen LogP contribution in [0, 0.1) is 6.92 Å². The van der Waals surface area contributed by atoms with E-state index in [9.17, 15) is 18.0 Å². The molecule has 0 radical (unpaired) electrons. The van der Waals surface area contributed by atoms with E-state index in [4.69, 9.17) is 0 Å². The van der Waals surface area contributed by atoms with Gasteiger partial charge < -0.3 is 9.42 Å². The lowest BCUT2D eigenvalue weighted by Crippen LogP contribution is -2.20. The van der Waals surface area contributed by atoms with Crippen molar-refractivity contribution < 1.29 is 22.5 Å². The number of rotatable bonds is 4. The number of alkyl halides is 3. The molecule has 0 spiro atoms. The standard InChI is InChI=1S/C19H17F3N6O2/c1-11-2-3-12(16(29)25-18-26-17(27-30-18)19(20,21)22)6-15(11)13-4-5-28(9-13)14-7-23-10-24-8-14/h2-3,6-8,10,13H,4-5,9H2,1H3,(H,25,26,27,29)/t13-/m1/s1. The summed E-state index contributed by atoms with van der Waals surface area (Å²) in [6.07, 6.45) is 1.13. The van der Waals surface area contributed by atoms with Crippen molar-refractivity contribution in [3.05, 3.63) is 59.4 Å². The molecule has 30 heavy (non-hydrogen) atoms. The first kappa shape index (κ1) is 19.8. The van der Waals surface area contributed by atoms with Crippen LogP contribution in [0.2, 0.25) is 0 Å². The largest absolute Gasteiger partial charge is 0.455 e. The van der Waals surface area contributed by atoms with E-state index >= 15 is 0 Å². The smallest absolute Gasteiger partial charge is 0.368 e. The van der Waals surface area contributed by atoms with Gasteiger partial charge in [0.1, 0.15) is 6.33 Å². The van der Waals surface area contributed by atoms with Gasteiger partial charge in [0, 0.05) is 24.6 Å². The van der Waals surface area contributed by atoms with Crippen molar-refractivity contribution in [1.29, 1.82) is 0 Å². The number of anilines is 2. The molecule has 1 aliphatic heterocycles. The molecule has 1 aliphatic rings. The highest BCUT2D eigenvalue weighted by Gasteiger charge is 2.37. The molecule has 1 amide bonds. The topological polar surface area (TPSA) is 97.0 Å². The van der Waals surface area contributed by atoms with Crippen LogP contribution in [0.25, 0.3) is 0 Å². The van der Waals surface area contributed by atoms with Crippen LogP contribution in [0.3, 0.4) is 0 Å². The van der Waals surface area contributed by atoms with E-state index in [1.54, 1.807) is 24.5 Å². The lowest BCUT2D eigenvalue weighted by Gasteiger charge is -2.19. The number of amides is 1. The maximum atomic E-state index is 12.6. The Morgan fingerprint density at radius 2 is 2.03 bits per heavy atom. The molecule has 0 saturated carbocycles. The molecule has 3 heterocycles. The van der Waals surface area contributed by atoms with Crippen molar-refractivity contribution in [1.82, 2.24) is 20.1 Å². The van der Waals surface area contributed by atoms with E-state index in [2.05, 4.69) is 34.8 Å².